The molecule has 3 nitrogen and oxygen atoms in total. The molecular formula is C18H30N2O. The molecule has 1 N–H and O–H groups in total. The summed E-state index contributed by atoms with van der Waals surface area (Å²) in [7, 11) is 0. The van der Waals surface area contributed by atoms with Gasteiger partial charge in [0.2, 0.25) is 0 Å². The Morgan fingerprint density at radius 1 is 1.19 bits per heavy atom. The van der Waals surface area contributed by atoms with Crippen LogP contribution in [0.4, 0.5) is 5.69 Å². The maximum absolute atomic E-state index is 5.91. The lowest BCUT2D eigenvalue weighted by molar-refractivity contribution is 0.329. The zero-order chi connectivity index (χ0) is 15.2. The summed E-state index contributed by atoms with van der Waals surface area (Å²) in [6.07, 6.45) is 1.33. The Bertz CT molecular complexity index is 437. The van der Waals surface area contributed by atoms with E-state index >= 15 is 0 Å². The standard InChI is InChI=1S/C18H30N2O/c1-5-19-11-16-7-8-17(18(10-16)21-6-2)20-12-14(3)9-15(4)13-20/h7-8,10,14-15,19H,5-6,9,11-13H2,1-4H3. The van der Waals surface area contributed by atoms with Gasteiger partial charge in [0.05, 0.1) is 12.3 Å². The van der Waals surface area contributed by atoms with E-state index in [4.69, 9.17) is 4.74 Å². The topological polar surface area (TPSA) is 24.5 Å². The number of hydrogen-bond donors (Lipinski definition) is 1. The highest BCUT2D eigenvalue weighted by molar-refractivity contribution is 5.60. The lowest BCUT2D eigenvalue weighted by Gasteiger charge is -2.37. The van der Waals surface area contributed by atoms with E-state index in [9.17, 15) is 0 Å². The van der Waals surface area contributed by atoms with Crippen molar-refractivity contribution in [2.75, 3.05) is 31.1 Å². The number of benzene rings is 1. The molecule has 1 fully saturated rings. The van der Waals surface area contributed by atoms with Crippen molar-refractivity contribution >= 4 is 5.69 Å². The van der Waals surface area contributed by atoms with Crippen molar-refractivity contribution in [1.29, 1.82) is 0 Å². The average Bonchev–Trinajstić information content (AvgIpc) is 2.44. The van der Waals surface area contributed by atoms with Crippen LogP contribution in [0.15, 0.2) is 18.2 Å². The van der Waals surface area contributed by atoms with E-state index in [0.717, 1.165) is 50.4 Å². The van der Waals surface area contributed by atoms with Crippen LogP contribution in [0.5, 0.6) is 5.75 Å². The van der Waals surface area contributed by atoms with E-state index in [0.29, 0.717) is 0 Å². The Labute approximate surface area is 129 Å². The Morgan fingerprint density at radius 2 is 1.90 bits per heavy atom. The van der Waals surface area contributed by atoms with Gasteiger partial charge in [-0.15, -0.1) is 0 Å². The molecule has 0 spiro atoms. The highest BCUT2D eigenvalue weighted by Gasteiger charge is 2.24. The maximum Gasteiger partial charge on any atom is 0.142 e. The summed E-state index contributed by atoms with van der Waals surface area (Å²) in [6.45, 7) is 13.8. The normalized spacial score (nSPS) is 22.4. The van der Waals surface area contributed by atoms with Crippen molar-refractivity contribution < 1.29 is 4.74 Å². The van der Waals surface area contributed by atoms with Crippen LogP contribution in [0.3, 0.4) is 0 Å². The highest BCUT2D eigenvalue weighted by atomic mass is 16.5. The summed E-state index contributed by atoms with van der Waals surface area (Å²) < 4.78 is 5.91. The minimum Gasteiger partial charge on any atom is -0.492 e. The summed E-state index contributed by atoms with van der Waals surface area (Å²) in [5.41, 5.74) is 2.55. The van der Waals surface area contributed by atoms with Gasteiger partial charge in [-0.3, -0.25) is 0 Å². The molecule has 118 valence electrons. The van der Waals surface area contributed by atoms with Crippen molar-refractivity contribution in [3.05, 3.63) is 23.8 Å². The lowest BCUT2D eigenvalue weighted by atomic mass is 9.91. The van der Waals surface area contributed by atoms with Crippen LogP contribution in [0.1, 0.15) is 39.7 Å². The number of nitrogens with zero attached hydrogens (tertiary/aromatic N) is 1. The third kappa shape index (κ3) is 4.37. The van der Waals surface area contributed by atoms with Gasteiger partial charge in [0, 0.05) is 19.6 Å². The number of ether oxygens (including phenoxy) is 1. The first-order chi connectivity index (χ1) is 10.1. The van der Waals surface area contributed by atoms with Gasteiger partial charge in [-0.05, 0) is 49.4 Å². The number of hydrogen-bond acceptors (Lipinski definition) is 3. The molecule has 1 heterocycles. The minimum absolute atomic E-state index is 0.719. The van der Waals surface area contributed by atoms with Crippen LogP contribution in [-0.2, 0) is 6.54 Å². The van der Waals surface area contributed by atoms with Gasteiger partial charge in [-0.2, -0.15) is 0 Å². The maximum atomic E-state index is 5.91. The Balaban J connectivity index is 2.20. The van der Waals surface area contributed by atoms with Gasteiger partial charge in [0.1, 0.15) is 5.75 Å². The summed E-state index contributed by atoms with van der Waals surface area (Å²) in [5.74, 6) is 2.54. The van der Waals surface area contributed by atoms with E-state index in [1.54, 1.807) is 0 Å². The largest absolute Gasteiger partial charge is 0.492 e. The van der Waals surface area contributed by atoms with Crippen molar-refractivity contribution in [3.8, 4) is 5.75 Å². The first-order valence-corrected chi connectivity index (χ1v) is 8.35. The van der Waals surface area contributed by atoms with Crippen molar-refractivity contribution in [1.82, 2.24) is 5.32 Å². The van der Waals surface area contributed by atoms with Crippen molar-refractivity contribution in [2.45, 2.75) is 40.7 Å². The third-order valence-corrected chi connectivity index (χ3v) is 4.11. The number of nitrogens with one attached hydrogen (secondary N) is 1. The summed E-state index contributed by atoms with van der Waals surface area (Å²) >= 11 is 0. The molecule has 1 aliphatic rings. The molecule has 2 atom stereocenters. The minimum atomic E-state index is 0.719. The number of piperidine rings is 1. The van der Waals surface area contributed by atoms with E-state index < -0.39 is 0 Å². The van der Waals surface area contributed by atoms with E-state index in [1.807, 2.05) is 0 Å². The Hall–Kier alpha value is -1.22. The second-order valence-electron chi connectivity index (χ2n) is 6.37. The van der Waals surface area contributed by atoms with Gasteiger partial charge in [-0.1, -0.05) is 26.8 Å². The monoisotopic (exact) mass is 290 g/mol. The quantitative estimate of drug-likeness (QED) is 0.865. The predicted molar refractivity (Wildman–Crippen MR) is 90.1 cm³/mol. The first-order valence-electron chi connectivity index (χ1n) is 8.35. The van der Waals surface area contributed by atoms with Crippen LogP contribution in [0.25, 0.3) is 0 Å². The van der Waals surface area contributed by atoms with Crippen LogP contribution in [-0.4, -0.2) is 26.2 Å². The predicted octanol–water partition coefficient (Wildman–Crippen LogP) is 3.68. The summed E-state index contributed by atoms with van der Waals surface area (Å²) in [6, 6.07) is 6.66. The smallest absolute Gasteiger partial charge is 0.142 e. The molecule has 0 saturated carbocycles. The van der Waals surface area contributed by atoms with Crippen LogP contribution in [0, 0.1) is 11.8 Å². The molecule has 0 bridgehead atoms. The number of anilines is 1. The second-order valence-corrected chi connectivity index (χ2v) is 6.37. The van der Waals surface area contributed by atoms with Gasteiger partial charge in [0.25, 0.3) is 0 Å². The Kier molecular flexibility index (Phi) is 5.92. The first kappa shape index (κ1) is 16.2. The molecule has 2 unspecified atom stereocenters. The number of rotatable bonds is 6. The lowest BCUT2D eigenvalue weighted by Crippen LogP contribution is -2.38. The average molecular weight is 290 g/mol. The zero-order valence-electron chi connectivity index (χ0n) is 14.0. The fourth-order valence-electron chi connectivity index (χ4n) is 3.33. The fraction of sp³-hybridized carbons (Fsp3) is 0.667. The highest BCUT2D eigenvalue weighted by Crippen LogP contribution is 2.34. The molecule has 0 amide bonds. The SMILES string of the molecule is CCNCc1ccc(N2CC(C)CC(C)C2)c(OCC)c1. The van der Waals surface area contributed by atoms with E-state index in [1.165, 1.54) is 17.7 Å². The van der Waals surface area contributed by atoms with Crippen molar-refractivity contribution in [2.24, 2.45) is 11.8 Å². The molecule has 3 heteroatoms. The van der Waals surface area contributed by atoms with Gasteiger partial charge in [0.15, 0.2) is 0 Å². The van der Waals surface area contributed by atoms with Gasteiger partial charge < -0.3 is 15.0 Å². The molecule has 0 aliphatic carbocycles. The second kappa shape index (κ2) is 7.69. The zero-order valence-corrected chi connectivity index (χ0v) is 14.0. The molecule has 0 aromatic heterocycles. The molecule has 2 rings (SSSR count). The third-order valence-electron chi connectivity index (χ3n) is 4.11. The van der Waals surface area contributed by atoms with Gasteiger partial charge in [-0.25, -0.2) is 0 Å². The summed E-state index contributed by atoms with van der Waals surface area (Å²) in [4.78, 5) is 2.50. The molecular weight excluding hydrogens is 260 g/mol. The van der Waals surface area contributed by atoms with Crippen molar-refractivity contribution in [3.63, 3.8) is 0 Å². The fourth-order valence-corrected chi connectivity index (χ4v) is 3.33. The van der Waals surface area contributed by atoms with Crippen LogP contribution in [0.2, 0.25) is 0 Å². The molecule has 1 aromatic carbocycles. The molecule has 1 aromatic rings. The van der Waals surface area contributed by atoms with Gasteiger partial charge >= 0.3 is 0 Å². The molecule has 1 saturated heterocycles. The Morgan fingerprint density at radius 3 is 2.52 bits per heavy atom. The van der Waals surface area contributed by atoms with E-state index in [2.05, 4.69) is 56.1 Å². The van der Waals surface area contributed by atoms with E-state index in [-0.39, 0.29) is 0 Å². The molecule has 1 aliphatic heterocycles. The molecule has 0 radical (unpaired) electrons. The van der Waals surface area contributed by atoms with Crippen LogP contribution < -0.4 is 15.0 Å². The summed E-state index contributed by atoms with van der Waals surface area (Å²) in [5, 5.41) is 3.38. The van der Waals surface area contributed by atoms with Crippen LogP contribution >= 0.6 is 0 Å². The molecule has 21 heavy (non-hydrogen) atoms.